The van der Waals surface area contributed by atoms with Crippen molar-refractivity contribution < 1.29 is 32.2 Å². The first-order chi connectivity index (χ1) is 15.8. The molecule has 0 spiro atoms. The van der Waals surface area contributed by atoms with Crippen molar-refractivity contribution in [3.8, 4) is 5.88 Å². The van der Waals surface area contributed by atoms with Crippen LogP contribution in [0.5, 0.6) is 5.88 Å². The Balaban J connectivity index is 1.32. The van der Waals surface area contributed by atoms with Crippen molar-refractivity contribution >= 4 is 12.0 Å². The summed E-state index contributed by atoms with van der Waals surface area (Å²) in [5.41, 5.74) is 1.41. The molecule has 0 N–H and O–H groups in total. The zero-order chi connectivity index (χ0) is 23.4. The van der Waals surface area contributed by atoms with E-state index >= 15 is 0 Å². The maximum Gasteiger partial charge on any atom is 0.422 e. The molecule has 2 aliphatic heterocycles. The third kappa shape index (κ3) is 5.74. The summed E-state index contributed by atoms with van der Waals surface area (Å²) in [4.78, 5) is 32.4. The molecule has 3 heterocycles. The van der Waals surface area contributed by atoms with E-state index in [0.29, 0.717) is 39.0 Å². The number of alkyl halides is 3. The SMILES string of the molecule is O=C(c1ccc(OCC(F)(F)F)nc1)N1CCC(N2C(=O)OCC2Cc2ccccc2)CC1. The molecule has 1 unspecified atom stereocenters. The number of rotatable bonds is 6. The molecular formula is C23H24F3N3O4. The molecule has 0 radical (unpaired) electrons. The number of carbonyl (C=O) groups excluding carboxylic acids is 2. The van der Waals surface area contributed by atoms with Crippen LogP contribution in [0.15, 0.2) is 48.7 Å². The highest BCUT2D eigenvalue weighted by Crippen LogP contribution is 2.27. The van der Waals surface area contributed by atoms with E-state index in [-0.39, 0.29) is 35.5 Å². The van der Waals surface area contributed by atoms with Gasteiger partial charge in [0, 0.05) is 31.4 Å². The van der Waals surface area contributed by atoms with Gasteiger partial charge >= 0.3 is 12.3 Å². The Morgan fingerprint density at radius 1 is 1.12 bits per heavy atom. The fourth-order valence-electron chi connectivity index (χ4n) is 4.24. The summed E-state index contributed by atoms with van der Waals surface area (Å²) in [6, 6.07) is 12.5. The second kappa shape index (κ2) is 9.68. The number of piperidine rings is 1. The van der Waals surface area contributed by atoms with Crippen molar-refractivity contribution in [2.45, 2.75) is 37.5 Å². The van der Waals surface area contributed by atoms with Crippen molar-refractivity contribution in [1.29, 1.82) is 0 Å². The van der Waals surface area contributed by atoms with Gasteiger partial charge in [0.05, 0.1) is 11.6 Å². The predicted octanol–water partition coefficient (Wildman–Crippen LogP) is 3.69. The number of benzene rings is 1. The number of hydrogen-bond acceptors (Lipinski definition) is 5. The molecule has 2 amide bonds. The highest BCUT2D eigenvalue weighted by atomic mass is 19.4. The molecule has 2 fully saturated rings. The molecular weight excluding hydrogens is 439 g/mol. The van der Waals surface area contributed by atoms with Gasteiger partial charge in [-0.25, -0.2) is 9.78 Å². The Kier molecular flexibility index (Phi) is 6.71. The molecule has 176 valence electrons. The third-order valence-corrected chi connectivity index (χ3v) is 5.83. The highest BCUT2D eigenvalue weighted by Gasteiger charge is 2.40. The summed E-state index contributed by atoms with van der Waals surface area (Å²) < 4.78 is 46.6. The minimum absolute atomic E-state index is 0.0194. The fraction of sp³-hybridized carbons (Fsp3) is 0.435. The Bertz CT molecular complexity index is 961. The van der Waals surface area contributed by atoms with E-state index < -0.39 is 12.8 Å². The standard InChI is InChI=1S/C23H24F3N3O4/c24-23(25,26)15-33-20-7-6-17(13-27-20)21(30)28-10-8-18(9-11-28)29-19(14-32-22(29)31)12-16-4-2-1-3-5-16/h1-7,13,18-19H,8-12,14-15H2. The van der Waals surface area contributed by atoms with Gasteiger partial charge < -0.3 is 14.4 Å². The maximum absolute atomic E-state index is 12.8. The Hall–Kier alpha value is -3.30. The number of carbonyl (C=O) groups is 2. The zero-order valence-electron chi connectivity index (χ0n) is 17.8. The topological polar surface area (TPSA) is 72.0 Å². The average Bonchev–Trinajstić information content (AvgIpc) is 3.17. The van der Waals surface area contributed by atoms with Crippen LogP contribution in [0.4, 0.5) is 18.0 Å². The molecule has 1 aromatic heterocycles. The molecule has 7 nitrogen and oxygen atoms in total. The molecule has 0 saturated carbocycles. The number of pyridine rings is 1. The van der Waals surface area contributed by atoms with E-state index in [1.807, 2.05) is 35.2 Å². The number of ether oxygens (including phenoxy) is 2. The minimum Gasteiger partial charge on any atom is -0.468 e. The number of halogens is 3. The molecule has 1 atom stereocenters. The number of cyclic esters (lactones) is 1. The molecule has 0 bridgehead atoms. The van der Waals surface area contributed by atoms with E-state index in [1.54, 1.807) is 4.90 Å². The van der Waals surface area contributed by atoms with Crippen molar-refractivity contribution in [2.75, 3.05) is 26.3 Å². The van der Waals surface area contributed by atoms with Crippen molar-refractivity contribution in [3.05, 3.63) is 59.8 Å². The second-order valence-electron chi connectivity index (χ2n) is 8.14. The lowest BCUT2D eigenvalue weighted by atomic mass is 9.99. The van der Waals surface area contributed by atoms with Crippen LogP contribution in [0.25, 0.3) is 0 Å². The van der Waals surface area contributed by atoms with Gasteiger partial charge in [0.25, 0.3) is 5.91 Å². The number of amides is 2. The zero-order valence-corrected chi connectivity index (χ0v) is 17.8. The van der Waals surface area contributed by atoms with E-state index in [2.05, 4.69) is 9.72 Å². The van der Waals surface area contributed by atoms with E-state index in [9.17, 15) is 22.8 Å². The van der Waals surface area contributed by atoms with Crippen molar-refractivity contribution in [3.63, 3.8) is 0 Å². The van der Waals surface area contributed by atoms with Gasteiger partial charge in [0.1, 0.15) is 6.61 Å². The summed E-state index contributed by atoms with van der Waals surface area (Å²) in [6.07, 6.45) is -1.62. The van der Waals surface area contributed by atoms with Crippen LogP contribution in [0, 0.1) is 0 Å². The van der Waals surface area contributed by atoms with Crippen LogP contribution < -0.4 is 4.74 Å². The minimum atomic E-state index is -4.46. The van der Waals surface area contributed by atoms with Crippen LogP contribution in [-0.4, -0.2) is 71.3 Å². The summed E-state index contributed by atoms with van der Waals surface area (Å²) in [7, 11) is 0. The van der Waals surface area contributed by atoms with Crippen LogP contribution in [0.3, 0.4) is 0 Å². The quantitative estimate of drug-likeness (QED) is 0.654. The van der Waals surface area contributed by atoms with Crippen molar-refractivity contribution in [1.82, 2.24) is 14.8 Å². The third-order valence-electron chi connectivity index (χ3n) is 5.83. The molecule has 0 aliphatic carbocycles. The van der Waals surface area contributed by atoms with Crippen LogP contribution in [0.2, 0.25) is 0 Å². The van der Waals surface area contributed by atoms with Crippen LogP contribution in [0.1, 0.15) is 28.8 Å². The largest absolute Gasteiger partial charge is 0.468 e. The summed E-state index contributed by atoms with van der Waals surface area (Å²) in [5.74, 6) is -0.451. The van der Waals surface area contributed by atoms with Crippen LogP contribution >= 0.6 is 0 Å². The first-order valence-corrected chi connectivity index (χ1v) is 10.7. The van der Waals surface area contributed by atoms with Gasteiger partial charge in [-0.15, -0.1) is 0 Å². The van der Waals surface area contributed by atoms with Crippen molar-refractivity contribution in [2.24, 2.45) is 0 Å². The van der Waals surface area contributed by atoms with Gasteiger partial charge in [0.2, 0.25) is 5.88 Å². The van der Waals surface area contributed by atoms with Gasteiger partial charge in [0.15, 0.2) is 6.61 Å². The van der Waals surface area contributed by atoms with Gasteiger partial charge in [-0.05, 0) is 30.9 Å². The van der Waals surface area contributed by atoms with Gasteiger partial charge in [-0.3, -0.25) is 9.69 Å². The predicted molar refractivity (Wildman–Crippen MR) is 112 cm³/mol. The number of likely N-dealkylation sites (tertiary alicyclic amines) is 1. The lowest BCUT2D eigenvalue weighted by molar-refractivity contribution is -0.154. The first kappa shape index (κ1) is 22.9. The first-order valence-electron chi connectivity index (χ1n) is 10.7. The smallest absolute Gasteiger partial charge is 0.422 e. The van der Waals surface area contributed by atoms with E-state index in [0.717, 1.165) is 5.56 Å². The van der Waals surface area contributed by atoms with Crippen LogP contribution in [-0.2, 0) is 11.2 Å². The molecule has 2 aliphatic rings. The Morgan fingerprint density at radius 2 is 1.85 bits per heavy atom. The second-order valence-corrected chi connectivity index (χ2v) is 8.14. The lowest BCUT2D eigenvalue weighted by Crippen LogP contribution is -2.50. The van der Waals surface area contributed by atoms with E-state index in [1.165, 1.54) is 18.3 Å². The Morgan fingerprint density at radius 3 is 2.48 bits per heavy atom. The number of aromatic nitrogens is 1. The highest BCUT2D eigenvalue weighted by molar-refractivity contribution is 5.94. The molecule has 33 heavy (non-hydrogen) atoms. The summed E-state index contributed by atoms with van der Waals surface area (Å²) in [6.45, 7) is -0.179. The molecule has 4 rings (SSSR count). The molecule has 2 saturated heterocycles. The van der Waals surface area contributed by atoms with E-state index in [4.69, 9.17) is 4.74 Å². The summed E-state index contributed by atoms with van der Waals surface area (Å²) in [5, 5.41) is 0. The monoisotopic (exact) mass is 463 g/mol. The normalized spacial score (nSPS) is 19.5. The Labute approximate surface area is 189 Å². The maximum atomic E-state index is 12.8. The molecule has 1 aromatic carbocycles. The molecule has 10 heteroatoms. The lowest BCUT2D eigenvalue weighted by Gasteiger charge is -2.38. The number of nitrogens with zero attached hydrogens (tertiary/aromatic N) is 3. The van der Waals surface area contributed by atoms with Gasteiger partial charge in [-0.2, -0.15) is 13.2 Å². The number of hydrogen-bond donors (Lipinski definition) is 0. The fourth-order valence-corrected chi connectivity index (χ4v) is 4.24. The molecule has 2 aromatic rings. The average molecular weight is 463 g/mol. The summed E-state index contributed by atoms with van der Waals surface area (Å²) >= 11 is 0. The van der Waals surface area contributed by atoms with Gasteiger partial charge in [-0.1, -0.05) is 30.3 Å².